The Kier molecular flexibility index (Phi) is 6.50. The molecule has 0 heterocycles. The molecule has 104 valence electrons. The largest absolute Gasteiger partial charge is 0.493 e. The highest BCUT2D eigenvalue weighted by molar-refractivity contribution is 5.90. The van der Waals surface area contributed by atoms with Crippen molar-refractivity contribution >= 4 is 12.0 Å². The van der Waals surface area contributed by atoms with E-state index in [-0.39, 0.29) is 0 Å². The summed E-state index contributed by atoms with van der Waals surface area (Å²) in [6.45, 7) is 2.83. The molecule has 0 bridgehead atoms. The van der Waals surface area contributed by atoms with Crippen molar-refractivity contribution in [3.63, 3.8) is 0 Å². The molecule has 0 saturated carbocycles. The maximum absolute atomic E-state index is 10.7. The highest BCUT2D eigenvalue weighted by atomic mass is 16.5. The summed E-state index contributed by atoms with van der Waals surface area (Å²) in [5.74, 6) is 0.900. The van der Waals surface area contributed by atoms with Crippen molar-refractivity contribution in [2.45, 2.75) is 26.2 Å². The van der Waals surface area contributed by atoms with E-state index in [4.69, 9.17) is 15.2 Å². The molecule has 0 spiro atoms. The fraction of sp³-hybridized carbons (Fsp3) is 0.400. The number of methoxy groups -OCH3 is 1. The zero-order valence-electron chi connectivity index (χ0n) is 11.5. The average molecular weight is 263 g/mol. The topological polar surface area (TPSA) is 61.5 Å². The number of unbranched alkanes of at least 4 members (excludes halogenated alkanes) is 2. The van der Waals surface area contributed by atoms with Gasteiger partial charge in [0.05, 0.1) is 13.7 Å². The Morgan fingerprint density at radius 2 is 2.11 bits per heavy atom. The van der Waals surface area contributed by atoms with Crippen molar-refractivity contribution in [2.75, 3.05) is 13.7 Å². The van der Waals surface area contributed by atoms with Gasteiger partial charge in [-0.1, -0.05) is 25.8 Å². The number of carbonyl (C=O) groups is 1. The number of benzene rings is 1. The average Bonchev–Trinajstić information content (AvgIpc) is 2.42. The van der Waals surface area contributed by atoms with Crippen LogP contribution in [0.4, 0.5) is 0 Å². The van der Waals surface area contributed by atoms with Crippen LogP contribution in [-0.2, 0) is 4.79 Å². The first-order valence-corrected chi connectivity index (χ1v) is 6.45. The fourth-order valence-electron chi connectivity index (χ4n) is 1.62. The second kappa shape index (κ2) is 8.19. The van der Waals surface area contributed by atoms with Crippen molar-refractivity contribution in [3.8, 4) is 11.5 Å². The normalized spacial score (nSPS) is 10.6. The molecule has 4 nitrogen and oxygen atoms in total. The smallest absolute Gasteiger partial charge is 0.241 e. The molecule has 0 unspecified atom stereocenters. The molecule has 1 amide bonds. The molecule has 4 heteroatoms. The molecule has 0 fully saturated rings. The van der Waals surface area contributed by atoms with Crippen LogP contribution < -0.4 is 15.2 Å². The van der Waals surface area contributed by atoms with E-state index in [1.165, 1.54) is 6.08 Å². The number of hydrogen-bond acceptors (Lipinski definition) is 3. The predicted octanol–water partition coefficient (Wildman–Crippen LogP) is 2.76. The maximum atomic E-state index is 10.7. The second-order valence-corrected chi connectivity index (χ2v) is 4.20. The van der Waals surface area contributed by atoms with Gasteiger partial charge in [-0.2, -0.15) is 0 Å². The minimum atomic E-state index is -0.473. The number of rotatable bonds is 8. The van der Waals surface area contributed by atoms with Gasteiger partial charge in [0, 0.05) is 6.08 Å². The molecule has 1 aromatic carbocycles. The molecular formula is C15H21NO3. The molecule has 19 heavy (non-hydrogen) atoms. The van der Waals surface area contributed by atoms with Crippen LogP contribution in [0, 0.1) is 0 Å². The third kappa shape index (κ3) is 5.46. The first-order chi connectivity index (χ1) is 9.17. The summed E-state index contributed by atoms with van der Waals surface area (Å²) in [4.78, 5) is 10.7. The molecule has 2 N–H and O–H groups in total. The number of hydrogen-bond donors (Lipinski definition) is 1. The highest BCUT2D eigenvalue weighted by Gasteiger charge is 2.04. The van der Waals surface area contributed by atoms with Gasteiger partial charge in [-0.05, 0) is 30.2 Å². The van der Waals surface area contributed by atoms with E-state index in [1.54, 1.807) is 13.2 Å². The lowest BCUT2D eigenvalue weighted by atomic mass is 10.2. The molecule has 0 aliphatic rings. The Labute approximate surface area is 114 Å². The summed E-state index contributed by atoms with van der Waals surface area (Å²) in [6.07, 6.45) is 6.31. The van der Waals surface area contributed by atoms with Gasteiger partial charge in [0.25, 0.3) is 0 Å². The molecule has 0 saturated heterocycles. The monoisotopic (exact) mass is 263 g/mol. The predicted molar refractivity (Wildman–Crippen MR) is 76.2 cm³/mol. The summed E-state index contributed by atoms with van der Waals surface area (Å²) >= 11 is 0. The Morgan fingerprint density at radius 1 is 1.32 bits per heavy atom. The van der Waals surface area contributed by atoms with E-state index in [9.17, 15) is 4.79 Å². The standard InChI is InChI=1S/C15H21NO3/c1-3-4-5-10-19-13-8-6-12(7-9-15(16)17)11-14(13)18-2/h6-9,11H,3-5,10H2,1-2H3,(H2,16,17)/b9-7-. The van der Waals surface area contributed by atoms with Crippen LogP contribution in [-0.4, -0.2) is 19.6 Å². The van der Waals surface area contributed by atoms with Gasteiger partial charge in [-0.15, -0.1) is 0 Å². The first kappa shape index (κ1) is 15.1. The molecule has 0 aliphatic heterocycles. The number of ether oxygens (including phenoxy) is 2. The van der Waals surface area contributed by atoms with Gasteiger partial charge in [0.15, 0.2) is 11.5 Å². The molecular weight excluding hydrogens is 242 g/mol. The molecule has 0 aromatic heterocycles. The van der Waals surface area contributed by atoms with E-state index in [2.05, 4.69) is 6.92 Å². The quantitative estimate of drug-likeness (QED) is 0.579. The molecule has 0 aliphatic carbocycles. The minimum Gasteiger partial charge on any atom is -0.493 e. The lowest BCUT2D eigenvalue weighted by Gasteiger charge is -2.11. The van der Waals surface area contributed by atoms with Crippen LogP contribution in [0.3, 0.4) is 0 Å². The Bertz CT molecular complexity index is 441. The summed E-state index contributed by atoms with van der Waals surface area (Å²) in [5.41, 5.74) is 5.90. The van der Waals surface area contributed by atoms with E-state index >= 15 is 0 Å². The highest BCUT2D eigenvalue weighted by Crippen LogP contribution is 2.28. The molecule has 0 atom stereocenters. The SMILES string of the molecule is CCCCCOc1ccc(/C=C\C(N)=O)cc1OC. The second-order valence-electron chi connectivity index (χ2n) is 4.20. The van der Waals surface area contributed by atoms with Gasteiger partial charge in [0.2, 0.25) is 5.91 Å². The minimum absolute atomic E-state index is 0.473. The molecule has 1 aromatic rings. The zero-order chi connectivity index (χ0) is 14.1. The number of amides is 1. The summed E-state index contributed by atoms with van der Waals surface area (Å²) < 4.78 is 10.9. The van der Waals surface area contributed by atoms with E-state index < -0.39 is 5.91 Å². The lowest BCUT2D eigenvalue weighted by molar-refractivity contribution is -0.113. The van der Waals surface area contributed by atoms with Crippen LogP contribution in [0.2, 0.25) is 0 Å². The van der Waals surface area contributed by atoms with Crippen molar-refractivity contribution in [1.29, 1.82) is 0 Å². The summed E-state index contributed by atoms with van der Waals surface area (Å²) in [7, 11) is 1.59. The Morgan fingerprint density at radius 3 is 2.74 bits per heavy atom. The van der Waals surface area contributed by atoms with Gasteiger partial charge in [-0.25, -0.2) is 0 Å². The van der Waals surface area contributed by atoms with Gasteiger partial charge in [-0.3, -0.25) is 4.79 Å². The molecule has 0 radical (unpaired) electrons. The van der Waals surface area contributed by atoms with Crippen molar-refractivity contribution in [3.05, 3.63) is 29.8 Å². The summed E-state index contributed by atoms with van der Waals surface area (Å²) in [5, 5.41) is 0. The summed E-state index contributed by atoms with van der Waals surface area (Å²) in [6, 6.07) is 5.51. The van der Waals surface area contributed by atoms with Gasteiger partial charge < -0.3 is 15.2 Å². The van der Waals surface area contributed by atoms with Crippen LogP contribution in [0.5, 0.6) is 11.5 Å². The van der Waals surface area contributed by atoms with E-state index in [1.807, 2.05) is 18.2 Å². The third-order valence-electron chi connectivity index (χ3n) is 2.63. The van der Waals surface area contributed by atoms with E-state index in [0.29, 0.717) is 12.4 Å². The van der Waals surface area contributed by atoms with E-state index in [0.717, 1.165) is 30.6 Å². The van der Waals surface area contributed by atoms with Gasteiger partial charge >= 0.3 is 0 Å². The van der Waals surface area contributed by atoms with Crippen molar-refractivity contribution in [1.82, 2.24) is 0 Å². The fourth-order valence-corrected chi connectivity index (χ4v) is 1.62. The van der Waals surface area contributed by atoms with Crippen LogP contribution >= 0.6 is 0 Å². The number of nitrogens with two attached hydrogens (primary N) is 1. The van der Waals surface area contributed by atoms with Crippen LogP contribution in [0.1, 0.15) is 31.7 Å². The number of carbonyl (C=O) groups excluding carboxylic acids is 1. The first-order valence-electron chi connectivity index (χ1n) is 6.45. The Balaban J connectivity index is 2.70. The number of primary amides is 1. The van der Waals surface area contributed by atoms with Crippen molar-refractivity contribution < 1.29 is 14.3 Å². The molecule has 1 rings (SSSR count). The van der Waals surface area contributed by atoms with Crippen LogP contribution in [0.15, 0.2) is 24.3 Å². The van der Waals surface area contributed by atoms with Crippen molar-refractivity contribution in [2.24, 2.45) is 5.73 Å². The zero-order valence-corrected chi connectivity index (χ0v) is 11.5. The van der Waals surface area contributed by atoms with Crippen LogP contribution in [0.25, 0.3) is 6.08 Å². The van der Waals surface area contributed by atoms with Gasteiger partial charge in [0.1, 0.15) is 0 Å². The Hall–Kier alpha value is -1.97. The maximum Gasteiger partial charge on any atom is 0.241 e. The third-order valence-corrected chi connectivity index (χ3v) is 2.63. The lowest BCUT2D eigenvalue weighted by Crippen LogP contribution is -2.05.